The third-order valence-electron chi connectivity index (χ3n) is 5.91. The summed E-state index contributed by atoms with van der Waals surface area (Å²) in [7, 11) is 0. The number of piperidine rings is 1. The van der Waals surface area contributed by atoms with E-state index in [0.717, 1.165) is 48.3 Å². The van der Waals surface area contributed by atoms with Gasteiger partial charge in [0, 0.05) is 46.1 Å². The predicted molar refractivity (Wildman–Crippen MR) is 119 cm³/mol. The summed E-state index contributed by atoms with van der Waals surface area (Å²) in [5.74, 6) is 0.282. The third-order valence-corrected chi connectivity index (χ3v) is 6.22. The first-order chi connectivity index (χ1) is 15.1. The number of carbonyl (C=O) groups is 1. The zero-order valence-electron chi connectivity index (χ0n) is 16.8. The molecule has 4 N–H and O–H groups in total. The Hall–Kier alpha value is -3.00. The molecule has 4 aromatic rings. The second kappa shape index (κ2) is 8.26. The van der Waals surface area contributed by atoms with Gasteiger partial charge in [0.1, 0.15) is 5.65 Å². The molecule has 1 aliphatic heterocycles. The van der Waals surface area contributed by atoms with E-state index in [2.05, 4.69) is 31.5 Å². The minimum atomic E-state index is -0.197. The van der Waals surface area contributed by atoms with E-state index in [0.29, 0.717) is 33.3 Å². The molecule has 0 atom stereocenters. The number of nitrogens with zero attached hydrogens (tertiary/aromatic N) is 2. The quantitative estimate of drug-likeness (QED) is 0.357. The topological polar surface area (TPSA) is 107 Å². The SMILES string of the molecule is O=C(c1ccc(CO)cc1Cl)c1c[nH]c2ncc(-c3cc(C4CCNCC4)[nH]n3)cc12. The van der Waals surface area contributed by atoms with Gasteiger partial charge in [-0.3, -0.25) is 9.89 Å². The van der Waals surface area contributed by atoms with E-state index in [-0.39, 0.29) is 12.4 Å². The Bertz CT molecular complexity index is 1260. The van der Waals surface area contributed by atoms with Crippen molar-refractivity contribution in [2.45, 2.75) is 25.4 Å². The number of hydrogen-bond donors (Lipinski definition) is 4. The highest BCUT2D eigenvalue weighted by molar-refractivity contribution is 6.35. The first-order valence-electron chi connectivity index (χ1n) is 10.3. The standard InChI is InChI=1S/C23H22ClN5O2/c24-19-7-13(12-30)1-2-16(19)22(31)18-11-27-23-17(18)8-15(10-26-23)21-9-20(28-29-21)14-3-5-25-6-4-14/h1-2,7-11,14,25,30H,3-6,12H2,(H,26,27)(H,28,29). The number of nitrogens with one attached hydrogen (secondary N) is 3. The van der Waals surface area contributed by atoms with Gasteiger partial charge < -0.3 is 15.4 Å². The number of rotatable bonds is 5. The van der Waals surface area contributed by atoms with Gasteiger partial charge in [-0.1, -0.05) is 17.7 Å². The molecule has 0 aliphatic carbocycles. The Morgan fingerprint density at radius 3 is 2.77 bits per heavy atom. The minimum Gasteiger partial charge on any atom is -0.392 e. The Kier molecular flexibility index (Phi) is 5.31. The van der Waals surface area contributed by atoms with Gasteiger partial charge in [0.2, 0.25) is 0 Å². The number of benzene rings is 1. The Labute approximate surface area is 183 Å². The van der Waals surface area contributed by atoms with Crippen molar-refractivity contribution in [2.75, 3.05) is 13.1 Å². The smallest absolute Gasteiger partial charge is 0.196 e. The molecule has 0 unspecified atom stereocenters. The van der Waals surface area contributed by atoms with Crippen LogP contribution >= 0.6 is 11.6 Å². The van der Waals surface area contributed by atoms with E-state index in [4.69, 9.17) is 11.6 Å². The zero-order chi connectivity index (χ0) is 21.4. The van der Waals surface area contributed by atoms with Crippen molar-refractivity contribution in [1.82, 2.24) is 25.5 Å². The number of aromatic nitrogens is 4. The summed E-state index contributed by atoms with van der Waals surface area (Å²) in [5.41, 5.74) is 4.97. The molecule has 1 fully saturated rings. The third kappa shape index (κ3) is 3.76. The van der Waals surface area contributed by atoms with Gasteiger partial charge in [0.05, 0.1) is 17.3 Å². The van der Waals surface area contributed by atoms with Crippen LogP contribution in [0.25, 0.3) is 22.3 Å². The normalized spacial score (nSPS) is 14.9. The van der Waals surface area contributed by atoms with E-state index < -0.39 is 0 Å². The Morgan fingerprint density at radius 1 is 1.16 bits per heavy atom. The predicted octanol–water partition coefficient (Wildman–Crippen LogP) is 3.80. The van der Waals surface area contributed by atoms with E-state index in [1.807, 2.05) is 6.07 Å². The van der Waals surface area contributed by atoms with Crippen LogP contribution in [0.3, 0.4) is 0 Å². The van der Waals surface area contributed by atoms with Crippen LogP contribution in [0.1, 0.15) is 45.9 Å². The minimum absolute atomic E-state index is 0.127. The molecule has 7 nitrogen and oxygen atoms in total. The molecular weight excluding hydrogens is 414 g/mol. The molecule has 31 heavy (non-hydrogen) atoms. The summed E-state index contributed by atoms with van der Waals surface area (Å²) in [5, 5.41) is 21.4. The van der Waals surface area contributed by atoms with E-state index in [1.165, 1.54) is 0 Å². The van der Waals surface area contributed by atoms with Crippen LogP contribution in [0, 0.1) is 0 Å². The average Bonchev–Trinajstić information content (AvgIpc) is 3.46. The second-order valence-corrected chi connectivity index (χ2v) is 8.26. The fourth-order valence-electron chi connectivity index (χ4n) is 4.14. The maximum atomic E-state index is 13.2. The highest BCUT2D eigenvalue weighted by Gasteiger charge is 2.20. The molecule has 1 aromatic carbocycles. The molecule has 4 heterocycles. The number of aromatic amines is 2. The molecule has 0 bridgehead atoms. The van der Waals surface area contributed by atoms with Crippen LogP contribution in [0.4, 0.5) is 0 Å². The zero-order valence-corrected chi connectivity index (χ0v) is 17.5. The van der Waals surface area contributed by atoms with Gasteiger partial charge in [0.15, 0.2) is 5.78 Å². The monoisotopic (exact) mass is 435 g/mol. The molecule has 158 valence electrons. The highest BCUT2D eigenvalue weighted by Crippen LogP contribution is 2.30. The molecule has 0 saturated carbocycles. The van der Waals surface area contributed by atoms with Gasteiger partial charge in [-0.2, -0.15) is 5.10 Å². The average molecular weight is 436 g/mol. The van der Waals surface area contributed by atoms with Crippen LogP contribution in [0.15, 0.2) is 42.7 Å². The first-order valence-corrected chi connectivity index (χ1v) is 10.7. The number of aliphatic hydroxyl groups is 1. The van der Waals surface area contributed by atoms with Gasteiger partial charge in [0.25, 0.3) is 0 Å². The lowest BCUT2D eigenvalue weighted by Crippen LogP contribution is -2.26. The highest BCUT2D eigenvalue weighted by atomic mass is 35.5. The van der Waals surface area contributed by atoms with Crippen molar-refractivity contribution in [3.63, 3.8) is 0 Å². The lowest BCUT2D eigenvalue weighted by molar-refractivity contribution is 0.104. The molecule has 0 spiro atoms. The molecule has 0 radical (unpaired) electrons. The summed E-state index contributed by atoms with van der Waals surface area (Å²) in [6, 6.07) is 8.97. The van der Waals surface area contributed by atoms with Crippen molar-refractivity contribution in [3.8, 4) is 11.3 Å². The molecule has 3 aromatic heterocycles. The van der Waals surface area contributed by atoms with Crippen molar-refractivity contribution in [1.29, 1.82) is 0 Å². The van der Waals surface area contributed by atoms with Gasteiger partial charge in [-0.25, -0.2) is 4.98 Å². The maximum Gasteiger partial charge on any atom is 0.196 e. The molecule has 1 aliphatic rings. The summed E-state index contributed by atoms with van der Waals surface area (Å²) >= 11 is 6.30. The molecule has 0 amide bonds. The van der Waals surface area contributed by atoms with Crippen LogP contribution in [0.5, 0.6) is 0 Å². The lowest BCUT2D eigenvalue weighted by atomic mass is 9.94. The molecule has 5 rings (SSSR count). The van der Waals surface area contributed by atoms with Gasteiger partial charge >= 0.3 is 0 Å². The van der Waals surface area contributed by atoms with E-state index in [1.54, 1.807) is 30.6 Å². The summed E-state index contributed by atoms with van der Waals surface area (Å²) in [4.78, 5) is 20.7. The number of aliphatic hydroxyl groups excluding tert-OH is 1. The molecular formula is C23H22ClN5O2. The maximum absolute atomic E-state index is 13.2. The van der Waals surface area contributed by atoms with Crippen LogP contribution in [-0.4, -0.2) is 44.1 Å². The van der Waals surface area contributed by atoms with Crippen molar-refractivity contribution in [3.05, 3.63) is 70.1 Å². The summed E-state index contributed by atoms with van der Waals surface area (Å²) < 4.78 is 0. The van der Waals surface area contributed by atoms with E-state index >= 15 is 0 Å². The number of carbonyl (C=O) groups excluding carboxylic acids is 1. The fraction of sp³-hybridized carbons (Fsp3) is 0.261. The number of H-pyrrole nitrogens is 2. The number of ketones is 1. The number of hydrogen-bond acceptors (Lipinski definition) is 5. The van der Waals surface area contributed by atoms with Gasteiger partial charge in [-0.15, -0.1) is 0 Å². The van der Waals surface area contributed by atoms with E-state index in [9.17, 15) is 9.90 Å². The first kappa shape index (κ1) is 19.9. The van der Waals surface area contributed by atoms with Crippen molar-refractivity contribution < 1.29 is 9.90 Å². The number of halogens is 1. The second-order valence-electron chi connectivity index (χ2n) is 7.86. The summed E-state index contributed by atoms with van der Waals surface area (Å²) in [6.45, 7) is 1.91. The summed E-state index contributed by atoms with van der Waals surface area (Å²) in [6.07, 6.45) is 5.60. The molecule has 1 saturated heterocycles. The van der Waals surface area contributed by atoms with Crippen molar-refractivity contribution in [2.24, 2.45) is 0 Å². The van der Waals surface area contributed by atoms with Gasteiger partial charge in [-0.05, 0) is 55.8 Å². The number of fused-ring (bicyclic) bond motifs is 1. The Morgan fingerprint density at radius 2 is 2.00 bits per heavy atom. The van der Waals surface area contributed by atoms with Crippen molar-refractivity contribution >= 4 is 28.4 Å². The largest absolute Gasteiger partial charge is 0.392 e. The van der Waals surface area contributed by atoms with Crippen LogP contribution in [0.2, 0.25) is 5.02 Å². The van der Waals surface area contributed by atoms with Crippen LogP contribution in [-0.2, 0) is 6.61 Å². The Balaban J connectivity index is 1.49. The molecule has 8 heteroatoms. The number of pyridine rings is 1. The fourth-order valence-corrected chi connectivity index (χ4v) is 4.43. The lowest BCUT2D eigenvalue weighted by Gasteiger charge is -2.20. The van der Waals surface area contributed by atoms with Crippen LogP contribution < -0.4 is 5.32 Å².